The fourth-order valence-corrected chi connectivity index (χ4v) is 3.33. The van der Waals surface area contributed by atoms with E-state index in [4.69, 9.17) is 0 Å². The lowest BCUT2D eigenvalue weighted by Crippen LogP contribution is -2.38. The Morgan fingerprint density at radius 1 is 0.933 bits per heavy atom. The fourth-order valence-electron chi connectivity index (χ4n) is 3.33. The molecular weight excluding hydrogens is 188 g/mol. The molecule has 0 aliphatic heterocycles. The average molecular weight is 212 g/mol. The van der Waals surface area contributed by atoms with Crippen LogP contribution in [0.3, 0.4) is 0 Å². The minimum Gasteiger partial charge on any atom is -0.393 e. The second-order valence-electron chi connectivity index (χ2n) is 5.60. The van der Waals surface area contributed by atoms with E-state index in [0.29, 0.717) is 5.92 Å². The zero-order valence-electron chi connectivity index (χ0n) is 9.62. The third kappa shape index (κ3) is 2.94. The van der Waals surface area contributed by atoms with E-state index in [-0.39, 0.29) is 6.10 Å². The maximum absolute atomic E-state index is 10.4. The molecule has 0 saturated heterocycles. The van der Waals surface area contributed by atoms with Crippen LogP contribution in [0.4, 0.5) is 0 Å². The van der Waals surface area contributed by atoms with Crippen LogP contribution in [-0.4, -0.2) is 21.9 Å². The molecule has 2 N–H and O–H groups in total. The van der Waals surface area contributed by atoms with Gasteiger partial charge < -0.3 is 10.2 Å². The van der Waals surface area contributed by atoms with Crippen LogP contribution in [0.5, 0.6) is 0 Å². The van der Waals surface area contributed by atoms with Crippen LogP contribution >= 0.6 is 0 Å². The lowest BCUT2D eigenvalue weighted by atomic mass is 9.74. The van der Waals surface area contributed by atoms with Crippen molar-refractivity contribution in [1.82, 2.24) is 0 Å². The third-order valence-electron chi connectivity index (χ3n) is 4.30. The first-order valence-corrected chi connectivity index (χ1v) is 6.60. The Balaban J connectivity index is 1.88. The normalized spacial score (nSPS) is 36.4. The van der Waals surface area contributed by atoms with Crippen molar-refractivity contribution in [1.29, 1.82) is 0 Å². The Morgan fingerprint density at radius 3 is 2.27 bits per heavy atom. The van der Waals surface area contributed by atoms with E-state index in [1.54, 1.807) is 0 Å². The molecule has 2 nitrogen and oxygen atoms in total. The van der Waals surface area contributed by atoms with E-state index >= 15 is 0 Å². The summed E-state index contributed by atoms with van der Waals surface area (Å²) in [6.45, 7) is 0. The van der Waals surface area contributed by atoms with Crippen LogP contribution in [0.1, 0.15) is 64.2 Å². The summed E-state index contributed by atoms with van der Waals surface area (Å²) in [6, 6.07) is 0. The Bertz CT molecular complexity index is 197. The molecule has 0 amide bonds. The number of hydrogen-bond donors (Lipinski definition) is 2. The molecule has 2 saturated carbocycles. The molecule has 2 rings (SSSR count). The molecule has 0 aromatic carbocycles. The van der Waals surface area contributed by atoms with E-state index in [0.717, 1.165) is 38.5 Å². The van der Waals surface area contributed by atoms with Crippen LogP contribution in [0, 0.1) is 5.92 Å². The molecule has 15 heavy (non-hydrogen) atoms. The molecule has 2 aliphatic carbocycles. The monoisotopic (exact) mass is 212 g/mol. The van der Waals surface area contributed by atoms with Gasteiger partial charge in [-0.1, -0.05) is 32.1 Å². The maximum atomic E-state index is 10.4. The van der Waals surface area contributed by atoms with Crippen LogP contribution in [-0.2, 0) is 0 Å². The van der Waals surface area contributed by atoms with Crippen molar-refractivity contribution in [2.24, 2.45) is 5.92 Å². The molecule has 2 aliphatic rings. The Labute approximate surface area is 92.7 Å². The maximum Gasteiger partial charge on any atom is 0.0651 e. The standard InChI is InChI=1S/C13H24O2/c14-12-7-3-2-6-11(12)10-13(15)8-4-1-5-9-13/h11-12,14-15H,1-10H2. The Morgan fingerprint density at radius 2 is 1.60 bits per heavy atom. The number of hydrogen-bond acceptors (Lipinski definition) is 2. The van der Waals surface area contributed by atoms with Gasteiger partial charge >= 0.3 is 0 Å². The number of rotatable bonds is 2. The molecule has 0 aromatic rings. The molecule has 2 fully saturated rings. The van der Waals surface area contributed by atoms with Crippen molar-refractivity contribution in [3.05, 3.63) is 0 Å². The van der Waals surface area contributed by atoms with Crippen molar-refractivity contribution in [3.8, 4) is 0 Å². The number of aliphatic hydroxyl groups is 2. The lowest BCUT2D eigenvalue weighted by Gasteiger charge is -2.38. The molecule has 0 spiro atoms. The smallest absolute Gasteiger partial charge is 0.0651 e. The van der Waals surface area contributed by atoms with Gasteiger partial charge in [0.1, 0.15) is 0 Å². The van der Waals surface area contributed by atoms with Gasteiger partial charge in [0.2, 0.25) is 0 Å². The molecule has 0 heterocycles. The van der Waals surface area contributed by atoms with Gasteiger partial charge in [-0.2, -0.15) is 0 Å². The summed E-state index contributed by atoms with van der Waals surface area (Å²) in [5.41, 5.74) is -0.443. The zero-order valence-corrected chi connectivity index (χ0v) is 9.62. The van der Waals surface area contributed by atoms with Gasteiger partial charge in [0.15, 0.2) is 0 Å². The van der Waals surface area contributed by atoms with Gasteiger partial charge in [-0.05, 0) is 38.0 Å². The minimum atomic E-state index is -0.443. The van der Waals surface area contributed by atoms with Gasteiger partial charge in [-0.3, -0.25) is 0 Å². The van der Waals surface area contributed by atoms with Crippen LogP contribution in [0.25, 0.3) is 0 Å². The van der Waals surface area contributed by atoms with E-state index in [1.165, 1.54) is 25.7 Å². The predicted molar refractivity (Wildman–Crippen MR) is 60.6 cm³/mol. The summed E-state index contributed by atoms with van der Waals surface area (Å²) >= 11 is 0. The topological polar surface area (TPSA) is 40.5 Å². The highest BCUT2D eigenvalue weighted by molar-refractivity contribution is 4.88. The molecule has 88 valence electrons. The van der Waals surface area contributed by atoms with Gasteiger partial charge in [0, 0.05) is 0 Å². The summed E-state index contributed by atoms with van der Waals surface area (Å²) in [4.78, 5) is 0. The van der Waals surface area contributed by atoms with Crippen LogP contribution < -0.4 is 0 Å². The third-order valence-corrected chi connectivity index (χ3v) is 4.30. The van der Waals surface area contributed by atoms with Gasteiger partial charge in [0.25, 0.3) is 0 Å². The van der Waals surface area contributed by atoms with E-state index in [9.17, 15) is 10.2 Å². The largest absolute Gasteiger partial charge is 0.393 e. The SMILES string of the molecule is OC1CCCCC1CC1(O)CCCCC1. The first kappa shape index (κ1) is 11.4. The van der Waals surface area contributed by atoms with E-state index < -0.39 is 5.60 Å². The second kappa shape index (κ2) is 4.84. The summed E-state index contributed by atoms with van der Waals surface area (Å²) in [7, 11) is 0. The predicted octanol–water partition coefficient (Wildman–Crippen LogP) is 2.62. The molecule has 2 heteroatoms. The van der Waals surface area contributed by atoms with Crippen molar-refractivity contribution in [3.63, 3.8) is 0 Å². The van der Waals surface area contributed by atoms with Crippen molar-refractivity contribution < 1.29 is 10.2 Å². The van der Waals surface area contributed by atoms with E-state index in [1.807, 2.05) is 0 Å². The first-order chi connectivity index (χ1) is 7.20. The van der Waals surface area contributed by atoms with Gasteiger partial charge in [0.05, 0.1) is 11.7 Å². The first-order valence-electron chi connectivity index (χ1n) is 6.60. The summed E-state index contributed by atoms with van der Waals surface area (Å²) in [5, 5.41) is 20.3. The molecule has 0 aromatic heterocycles. The van der Waals surface area contributed by atoms with Crippen molar-refractivity contribution in [2.75, 3.05) is 0 Å². The highest BCUT2D eigenvalue weighted by Gasteiger charge is 2.35. The molecule has 0 bridgehead atoms. The highest BCUT2D eigenvalue weighted by atomic mass is 16.3. The van der Waals surface area contributed by atoms with Crippen molar-refractivity contribution in [2.45, 2.75) is 75.9 Å². The molecule has 0 radical (unpaired) electrons. The Kier molecular flexibility index (Phi) is 3.68. The van der Waals surface area contributed by atoms with Gasteiger partial charge in [-0.25, -0.2) is 0 Å². The summed E-state index contributed by atoms with van der Waals surface area (Å²) in [6.07, 6.45) is 10.7. The molecular formula is C13H24O2. The summed E-state index contributed by atoms with van der Waals surface area (Å²) < 4.78 is 0. The van der Waals surface area contributed by atoms with Crippen molar-refractivity contribution >= 4 is 0 Å². The van der Waals surface area contributed by atoms with Gasteiger partial charge in [-0.15, -0.1) is 0 Å². The summed E-state index contributed by atoms with van der Waals surface area (Å²) in [5.74, 6) is 0.363. The number of aliphatic hydroxyl groups excluding tert-OH is 1. The van der Waals surface area contributed by atoms with Crippen LogP contribution in [0.15, 0.2) is 0 Å². The Hall–Kier alpha value is -0.0800. The molecule has 2 atom stereocenters. The lowest BCUT2D eigenvalue weighted by molar-refractivity contribution is -0.0468. The fraction of sp³-hybridized carbons (Fsp3) is 1.00. The van der Waals surface area contributed by atoms with E-state index in [2.05, 4.69) is 0 Å². The zero-order chi connectivity index (χ0) is 10.7. The molecule has 2 unspecified atom stereocenters. The minimum absolute atomic E-state index is 0.148. The average Bonchev–Trinajstić information content (AvgIpc) is 2.22. The highest BCUT2D eigenvalue weighted by Crippen LogP contribution is 2.38. The quantitative estimate of drug-likeness (QED) is 0.738. The second-order valence-corrected chi connectivity index (χ2v) is 5.60. The van der Waals surface area contributed by atoms with Crippen LogP contribution in [0.2, 0.25) is 0 Å².